The number of ether oxygens (including phenoxy) is 1. The van der Waals surface area contributed by atoms with Crippen molar-refractivity contribution in [2.75, 3.05) is 26.2 Å². The molecule has 1 amide bonds. The van der Waals surface area contributed by atoms with Crippen molar-refractivity contribution >= 4 is 16.3 Å². The third kappa shape index (κ3) is 6.34. The topological polar surface area (TPSA) is 102 Å². The van der Waals surface area contributed by atoms with Gasteiger partial charge in [-0.05, 0) is 6.92 Å². The summed E-state index contributed by atoms with van der Waals surface area (Å²) in [7, 11) is -4.35. The normalized spacial score (nSPS) is 11.9. The van der Waals surface area contributed by atoms with E-state index in [4.69, 9.17) is 5.73 Å². The van der Waals surface area contributed by atoms with Crippen molar-refractivity contribution in [3.8, 4) is 0 Å². The molecule has 0 fully saturated rings. The number of halogens is 2. The number of carbonyl (C=O) groups is 1. The van der Waals surface area contributed by atoms with Gasteiger partial charge in [-0.1, -0.05) is 0 Å². The van der Waals surface area contributed by atoms with Crippen LogP contribution < -0.4 is 10.5 Å². The Hall–Kier alpha value is -1.00. The molecule has 0 bridgehead atoms. The highest BCUT2D eigenvalue weighted by molar-refractivity contribution is 7.87. The number of hydrogen-bond acceptors (Lipinski definition) is 5. The minimum Gasteiger partial charge on any atom is -0.449 e. The molecule has 0 aliphatic rings. The summed E-state index contributed by atoms with van der Waals surface area (Å²) >= 11 is 0. The Bertz CT molecular complexity index is 336. The Kier molecular flexibility index (Phi) is 6.92. The highest BCUT2D eigenvalue weighted by atomic mass is 32.2. The number of nitrogens with two attached hydrogens (primary N) is 1. The second-order valence-electron chi connectivity index (χ2n) is 2.87. The summed E-state index contributed by atoms with van der Waals surface area (Å²) in [6.45, 7) is -0.0580. The first-order chi connectivity index (χ1) is 7.83. The Morgan fingerprint density at radius 1 is 1.53 bits per heavy atom. The van der Waals surface area contributed by atoms with Crippen molar-refractivity contribution in [1.29, 1.82) is 0 Å². The van der Waals surface area contributed by atoms with E-state index in [1.807, 2.05) is 0 Å². The number of nitrogens with one attached hydrogen (secondary N) is 1. The fraction of sp³-hybridized carbons (Fsp3) is 0.857. The average molecular weight is 275 g/mol. The van der Waals surface area contributed by atoms with E-state index in [-0.39, 0.29) is 19.7 Å². The van der Waals surface area contributed by atoms with E-state index < -0.39 is 29.3 Å². The summed E-state index contributed by atoms with van der Waals surface area (Å²) in [6.07, 6.45) is -4.08. The number of hydrogen-bond donors (Lipinski definition) is 2. The molecular weight excluding hydrogens is 260 g/mol. The predicted octanol–water partition coefficient (Wildman–Crippen LogP) is -0.497. The van der Waals surface area contributed by atoms with E-state index in [0.29, 0.717) is 4.31 Å². The van der Waals surface area contributed by atoms with Gasteiger partial charge in [-0.25, -0.2) is 18.3 Å². The fourth-order valence-corrected chi connectivity index (χ4v) is 1.99. The molecule has 7 nitrogen and oxygen atoms in total. The Balaban J connectivity index is 4.65. The fourth-order valence-electron chi connectivity index (χ4n) is 0.938. The van der Waals surface area contributed by atoms with E-state index in [0.717, 1.165) is 0 Å². The van der Waals surface area contributed by atoms with Crippen LogP contribution in [0.15, 0.2) is 0 Å². The molecule has 0 saturated heterocycles. The third-order valence-electron chi connectivity index (χ3n) is 1.55. The second kappa shape index (κ2) is 7.35. The average Bonchev–Trinajstić information content (AvgIpc) is 2.15. The van der Waals surface area contributed by atoms with E-state index >= 15 is 0 Å². The quantitative estimate of drug-likeness (QED) is 0.652. The molecule has 0 heterocycles. The zero-order chi connectivity index (χ0) is 13.5. The van der Waals surface area contributed by atoms with Crippen molar-refractivity contribution in [3.05, 3.63) is 0 Å². The minimum absolute atomic E-state index is 0.0346. The van der Waals surface area contributed by atoms with Crippen LogP contribution in [0.5, 0.6) is 0 Å². The molecule has 3 N–H and O–H groups in total. The highest BCUT2D eigenvalue weighted by Crippen LogP contribution is 2.03. The van der Waals surface area contributed by atoms with Gasteiger partial charge in [0.25, 0.3) is 6.43 Å². The van der Waals surface area contributed by atoms with Crippen molar-refractivity contribution in [2.45, 2.75) is 13.3 Å². The Morgan fingerprint density at radius 3 is 2.53 bits per heavy atom. The maximum Gasteiger partial charge on any atom is 0.421 e. The second-order valence-corrected chi connectivity index (χ2v) is 4.54. The summed E-state index contributed by atoms with van der Waals surface area (Å²) in [5, 5.41) is 0. The van der Waals surface area contributed by atoms with Gasteiger partial charge in [-0.3, -0.25) is 0 Å². The van der Waals surface area contributed by atoms with Crippen LogP contribution in [0.1, 0.15) is 6.92 Å². The molecule has 0 rings (SSSR count). The van der Waals surface area contributed by atoms with Crippen LogP contribution in [0.4, 0.5) is 13.6 Å². The number of amides is 1. The Labute approximate surface area is 98.1 Å². The maximum absolute atomic E-state index is 12.1. The van der Waals surface area contributed by atoms with E-state index in [2.05, 4.69) is 4.74 Å². The third-order valence-corrected chi connectivity index (χ3v) is 2.98. The molecule has 0 aromatic rings. The smallest absolute Gasteiger partial charge is 0.421 e. The molecule has 17 heavy (non-hydrogen) atoms. The predicted molar refractivity (Wildman–Crippen MR) is 55.7 cm³/mol. The van der Waals surface area contributed by atoms with Crippen molar-refractivity contribution in [3.63, 3.8) is 0 Å². The zero-order valence-electron chi connectivity index (χ0n) is 9.23. The molecule has 10 heteroatoms. The first-order valence-corrected chi connectivity index (χ1v) is 6.20. The molecule has 0 unspecified atom stereocenters. The first-order valence-electron chi connectivity index (χ1n) is 4.76. The van der Waals surface area contributed by atoms with Gasteiger partial charge < -0.3 is 10.5 Å². The number of alkyl halides is 2. The molecule has 0 aromatic carbocycles. The van der Waals surface area contributed by atoms with Crippen molar-refractivity contribution in [1.82, 2.24) is 9.03 Å². The number of nitrogens with zero attached hydrogens (tertiary/aromatic N) is 1. The van der Waals surface area contributed by atoms with Crippen LogP contribution in [0.3, 0.4) is 0 Å². The summed E-state index contributed by atoms with van der Waals surface area (Å²) < 4.78 is 53.4. The van der Waals surface area contributed by atoms with Gasteiger partial charge in [0.2, 0.25) is 0 Å². The van der Waals surface area contributed by atoms with Crippen LogP contribution in [-0.2, 0) is 14.9 Å². The van der Waals surface area contributed by atoms with Crippen LogP contribution in [0, 0.1) is 0 Å². The molecule has 0 saturated carbocycles. The lowest BCUT2D eigenvalue weighted by Crippen LogP contribution is -2.47. The van der Waals surface area contributed by atoms with Crippen LogP contribution in [0.25, 0.3) is 0 Å². The maximum atomic E-state index is 12.1. The standard InChI is InChI=1S/C7H15F2N3O4S/c1-2-16-7(13)11-17(14,15)12(4-3-10)5-6(8)9/h6H,2-5,10H2,1H3,(H,11,13). The molecular formula is C7H15F2N3O4S. The van der Waals surface area contributed by atoms with E-state index in [1.165, 1.54) is 11.6 Å². The van der Waals surface area contributed by atoms with Gasteiger partial charge >= 0.3 is 16.3 Å². The molecule has 0 aliphatic heterocycles. The highest BCUT2D eigenvalue weighted by Gasteiger charge is 2.26. The van der Waals surface area contributed by atoms with Crippen LogP contribution >= 0.6 is 0 Å². The summed E-state index contributed by atoms with van der Waals surface area (Å²) in [4.78, 5) is 10.9. The van der Waals surface area contributed by atoms with Crippen molar-refractivity contribution in [2.24, 2.45) is 5.73 Å². The van der Waals surface area contributed by atoms with Gasteiger partial charge in [-0.2, -0.15) is 12.7 Å². The monoisotopic (exact) mass is 275 g/mol. The minimum atomic E-state index is -4.35. The molecule has 0 spiro atoms. The summed E-state index contributed by atoms with van der Waals surface area (Å²) in [5.41, 5.74) is 5.10. The van der Waals surface area contributed by atoms with Crippen molar-refractivity contribution < 1.29 is 26.7 Å². The van der Waals surface area contributed by atoms with Gasteiger partial charge in [0, 0.05) is 13.1 Å². The van der Waals surface area contributed by atoms with Crippen LogP contribution in [0.2, 0.25) is 0 Å². The SMILES string of the molecule is CCOC(=O)NS(=O)(=O)N(CCN)CC(F)F. The molecule has 0 aliphatic carbocycles. The lowest BCUT2D eigenvalue weighted by atomic mass is 10.6. The molecule has 102 valence electrons. The van der Waals surface area contributed by atoms with E-state index in [1.54, 1.807) is 0 Å². The van der Waals surface area contributed by atoms with Gasteiger partial charge in [0.05, 0.1) is 13.2 Å². The number of rotatable bonds is 7. The zero-order valence-corrected chi connectivity index (χ0v) is 10.0. The molecule has 0 atom stereocenters. The van der Waals surface area contributed by atoms with Gasteiger partial charge in [0.15, 0.2) is 0 Å². The summed E-state index contributed by atoms with van der Waals surface area (Å²) in [6, 6.07) is 0. The number of carbonyl (C=O) groups excluding carboxylic acids is 1. The molecule has 0 aromatic heterocycles. The van der Waals surface area contributed by atoms with Crippen LogP contribution in [-0.4, -0.2) is 51.5 Å². The summed E-state index contributed by atoms with van der Waals surface area (Å²) in [5.74, 6) is 0. The lowest BCUT2D eigenvalue weighted by molar-refractivity contribution is 0.119. The van der Waals surface area contributed by atoms with E-state index in [9.17, 15) is 22.0 Å². The first kappa shape index (κ1) is 16.0. The molecule has 0 radical (unpaired) electrons. The van der Waals surface area contributed by atoms with Gasteiger partial charge in [0.1, 0.15) is 0 Å². The van der Waals surface area contributed by atoms with Gasteiger partial charge in [-0.15, -0.1) is 0 Å². The largest absolute Gasteiger partial charge is 0.449 e. The lowest BCUT2D eigenvalue weighted by Gasteiger charge is -2.20. The Morgan fingerprint density at radius 2 is 2.12 bits per heavy atom.